The largest absolute Gasteiger partial charge is 0.324 e. The zero-order valence-electron chi connectivity index (χ0n) is 15.0. The molecular weight excluding hydrogens is 428 g/mol. The first-order valence-electron chi connectivity index (χ1n) is 9.06. The van der Waals surface area contributed by atoms with E-state index in [9.17, 15) is 19.7 Å². The number of carbonyl (C=O) groups is 1. The van der Waals surface area contributed by atoms with Gasteiger partial charge in [-0.05, 0) is 40.4 Å². The van der Waals surface area contributed by atoms with Gasteiger partial charge in [0.1, 0.15) is 0 Å². The summed E-state index contributed by atoms with van der Waals surface area (Å²) in [6.07, 6.45) is 1.04. The average Bonchev–Trinajstić information content (AvgIpc) is 2.64. The highest BCUT2D eigenvalue weighted by molar-refractivity contribution is 9.10. The number of piperidine rings is 1. The van der Waals surface area contributed by atoms with Gasteiger partial charge in [-0.1, -0.05) is 6.07 Å². The lowest BCUT2D eigenvalue weighted by Crippen LogP contribution is -2.49. The molecule has 3 heterocycles. The Morgan fingerprint density at radius 2 is 2.07 bits per heavy atom. The second kappa shape index (κ2) is 7.48. The molecular formula is C19H19BrN4O4. The van der Waals surface area contributed by atoms with Gasteiger partial charge in [-0.15, -0.1) is 0 Å². The number of anilines is 1. The monoisotopic (exact) mass is 446 g/mol. The molecule has 2 aliphatic rings. The van der Waals surface area contributed by atoms with Gasteiger partial charge in [0.15, 0.2) is 0 Å². The topological polar surface area (TPSA) is 97.5 Å². The summed E-state index contributed by atoms with van der Waals surface area (Å²) in [6.45, 7) is 2.44. The number of aromatic nitrogens is 1. The van der Waals surface area contributed by atoms with Gasteiger partial charge in [0.05, 0.1) is 17.2 Å². The molecule has 0 saturated carbocycles. The Hall–Kier alpha value is -2.52. The number of benzene rings is 1. The molecule has 146 valence electrons. The van der Waals surface area contributed by atoms with Crippen LogP contribution in [-0.2, 0) is 11.3 Å². The number of nitrogens with zero attached hydrogens (tertiary/aromatic N) is 3. The number of nitrogens with one attached hydrogen (secondary N) is 1. The first-order chi connectivity index (χ1) is 13.4. The van der Waals surface area contributed by atoms with Gasteiger partial charge < -0.3 is 9.88 Å². The van der Waals surface area contributed by atoms with E-state index >= 15 is 0 Å². The molecule has 1 amide bonds. The highest BCUT2D eigenvalue weighted by Gasteiger charge is 2.34. The Bertz CT molecular complexity index is 1010. The molecule has 1 aromatic heterocycles. The second-order valence-corrected chi connectivity index (χ2v) is 8.22. The first-order valence-corrected chi connectivity index (χ1v) is 9.86. The summed E-state index contributed by atoms with van der Waals surface area (Å²) < 4.78 is 2.34. The number of likely N-dealkylation sites (tertiary alicyclic amines) is 1. The van der Waals surface area contributed by atoms with Gasteiger partial charge in [-0.3, -0.25) is 24.6 Å². The molecule has 28 heavy (non-hydrogen) atoms. The van der Waals surface area contributed by atoms with E-state index in [2.05, 4.69) is 26.1 Å². The predicted molar refractivity (Wildman–Crippen MR) is 107 cm³/mol. The maximum absolute atomic E-state index is 12.5. The minimum atomic E-state index is -0.480. The number of pyridine rings is 1. The van der Waals surface area contributed by atoms with E-state index in [1.165, 1.54) is 18.2 Å². The molecule has 0 radical (unpaired) electrons. The van der Waals surface area contributed by atoms with Gasteiger partial charge in [0.2, 0.25) is 5.91 Å². The molecule has 9 heteroatoms. The minimum Gasteiger partial charge on any atom is -0.324 e. The Morgan fingerprint density at radius 3 is 2.82 bits per heavy atom. The van der Waals surface area contributed by atoms with E-state index in [4.69, 9.17) is 0 Å². The van der Waals surface area contributed by atoms with E-state index in [1.807, 2.05) is 10.6 Å². The second-order valence-electron chi connectivity index (χ2n) is 7.36. The van der Waals surface area contributed by atoms with Crippen molar-refractivity contribution < 1.29 is 9.72 Å². The fourth-order valence-electron chi connectivity index (χ4n) is 4.24. The SMILES string of the molecule is O=C(CN1CC2CC(C1)c1cccc(=O)n1C2)Nc1ccc([N+](=O)[O-])cc1Br. The number of amides is 1. The standard InChI is InChI=1S/C19H19BrN4O4/c20-15-7-14(24(27)28)4-5-16(15)21-18(25)11-22-8-12-6-13(10-22)17-2-1-3-19(26)23(17)9-12/h1-5,7,12-13H,6,8-11H2,(H,21,25). The van der Waals surface area contributed by atoms with Crippen LogP contribution in [0.15, 0.2) is 45.7 Å². The Labute approximate surface area is 169 Å². The van der Waals surface area contributed by atoms with Crippen molar-refractivity contribution in [3.05, 3.63) is 67.0 Å². The molecule has 4 rings (SSSR count). The molecule has 2 aliphatic heterocycles. The van der Waals surface area contributed by atoms with Crippen molar-refractivity contribution in [2.45, 2.75) is 18.9 Å². The highest BCUT2D eigenvalue weighted by atomic mass is 79.9. The fraction of sp³-hybridized carbons (Fsp3) is 0.368. The van der Waals surface area contributed by atoms with Crippen LogP contribution < -0.4 is 10.9 Å². The van der Waals surface area contributed by atoms with E-state index in [-0.39, 0.29) is 29.6 Å². The molecule has 0 aliphatic carbocycles. The van der Waals surface area contributed by atoms with Crippen LogP contribution in [0.1, 0.15) is 18.0 Å². The van der Waals surface area contributed by atoms with Crippen molar-refractivity contribution >= 4 is 33.2 Å². The summed E-state index contributed by atoms with van der Waals surface area (Å²) in [6, 6.07) is 9.65. The van der Waals surface area contributed by atoms with E-state index in [1.54, 1.807) is 12.1 Å². The zero-order chi connectivity index (χ0) is 19.8. The van der Waals surface area contributed by atoms with Crippen LogP contribution in [0.3, 0.4) is 0 Å². The van der Waals surface area contributed by atoms with Crippen molar-refractivity contribution in [2.24, 2.45) is 5.92 Å². The molecule has 2 bridgehead atoms. The Morgan fingerprint density at radius 1 is 1.25 bits per heavy atom. The maximum atomic E-state index is 12.5. The number of non-ortho nitro benzene ring substituents is 1. The number of hydrogen-bond acceptors (Lipinski definition) is 5. The zero-order valence-corrected chi connectivity index (χ0v) is 16.6. The van der Waals surface area contributed by atoms with E-state index in [0.717, 1.165) is 25.2 Å². The van der Waals surface area contributed by atoms with Crippen molar-refractivity contribution in [2.75, 3.05) is 25.0 Å². The summed E-state index contributed by atoms with van der Waals surface area (Å²) in [5.74, 6) is 0.436. The molecule has 0 spiro atoms. The third kappa shape index (κ3) is 3.72. The summed E-state index contributed by atoms with van der Waals surface area (Å²) in [5, 5.41) is 13.6. The number of hydrogen-bond donors (Lipinski definition) is 1. The number of nitro groups is 1. The number of rotatable bonds is 4. The van der Waals surface area contributed by atoms with E-state index in [0.29, 0.717) is 22.6 Å². The minimum absolute atomic E-state index is 0.0392. The van der Waals surface area contributed by atoms with Crippen molar-refractivity contribution in [3.8, 4) is 0 Å². The molecule has 2 atom stereocenters. The van der Waals surface area contributed by atoms with Crippen molar-refractivity contribution in [3.63, 3.8) is 0 Å². The Balaban J connectivity index is 1.43. The molecule has 2 unspecified atom stereocenters. The van der Waals surface area contributed by atoms with Gasteiger partial charge in [0.25, 0.3) is 11.2 Å². The molecule has 1 fully saturated rings. The Kier molecular flexibility index (Phi) is 5.03. The van der Waals surface area contributed by atoms with Crippen LogP contribution in [0, 0.1) is 16.0 Å². The van der Waals surface area contributed by atoms with Crippen LogP contribution in [0.2, 0.25) is 0 Å². The highest BCUT2D eigenvalue weighted by Crippen LogP contribution is 2.35. The van der Waals surface area contributed by atoms with Crippen LogP contribution in [0.4, 0.5) is 11.4 Å². The number of fused-ring (bicyclic) bond motifs is 4. The molecule has 2 aromatic rings. The smallest absolute Gasteiger partial charge is 0.270 e. The van der Waals surface area contributed by atoms with Crippen molar-refractivity contribution in [1.29, 1.82) is 0 Å². The maximum Gasteiger partial charge on any atom is 0.270 e. The van der Waals surface area contributed by atoms with Crippen molar-refractivity contribution in [1.82, 2.24) is 9.47 Å². The van der Waals surface area contributed by atoms with Gasteiger partial charge in [0, 0.05) is 53.9 Å². The predicted octanol–water partition coefficient (Wildman–Crippen LogP) is 2.58. The summed E-state index contributed by atoms with van der Waals surface area (Å²) >= 11 is 3.27. The quantitative estimate of drug-likeness (QED) is 0.574. The summed E-state index contributed by atoms with van der Waals surface area (Å²) in [4.78, 5) is 37.1. The number of halogens is 1. The summed E-state index contributed by atoms with van der Waals surface area (Å²) in [7, 11) is 0. The number of nitro benzene ring substituents is 1. The molecule has 8 nitrogen and oxygen atoms in total. The van der Waals surface area contributed by atoms with Crippen LogP contribution in [-0.4, -0.2) is 39.9 Å². The third-order valence-electron chi connectivity index (χ3n) is 5.36. The lowest BCUT2D eigenvalue weighted by molar-refractivity contribution is -0.384. The van der Waals surface area contributed by atoms with Crippen LogP contribution in [0.5, 0.6) is 0 Å². The fourth-order valence-corrected chi connectivity index (χ4v) is 4.70. The normalized spacial score (nSPS) is 21.0. The molecule has 1 N–H and O–H groups in total. The summed E-state index contributed by atoms with van der Waals surface area (Å²) in [5.41, 5.74) is 1.56. The molecule has 1 aromatic carbocycles. The van der Waals surface area contributed by atoms with E-state index < -0.39 is 4.92 Å². The lowest BCUT2D eigenvalue weighted by atomic mass is 9.83. The first kappa shape index (κ1) is 18.8. The molecule has 1 saturated heterocycles. The number of carbonyl (C=O) groups excluding carboxylic acids is 1. The van der Waals surface area contributed by atoms with Gasteiger partial charge in [-0.25, -0.2) is 0 Å². The third-order valence-corrected chi connectivity index (χ3v) is 6.02. The lowest BCUT2D eigenvalue weighted by Gasteiger charge is -2.42. The average molecular weight is 447 g/mol. The van der Waals surface area contributed by atoms with Crippen LogP contribution in [0.25, 0.3) is 0 Å². The van der Waals surface area contributed by atoms with Crippen LogP contribution >= 0.6 is 15.9 Å². The van der Waals surface area contributed by atoms with Gasteiger partial charge >= 0.3 is 0 Å². The van der Waals surface area contributed by atoms with Gasteiger partial charge in [-0.2, -0.15) is 0 Å².